The fourth-order valence-corrected chi connectivity index (χ4v) is 3.79. The summed E-state index contributed by atoms with van der Waals surface area (Å²) < 4.78 is 14.0. The maximum absolute atomic E-state index is 13.1. The van der Waals surface area contributed by atoms with E-state index < -0.39 is 0 Å². The van der Waals surface area contributed by atoms with Crippen LogP contribution in [0.2, 0.25) is 0 Å². The van der Waals surface area contributed by atoms with Crippen molar-refractivity contribution in [2.45, 2.75) is 31.8 Å². The van der Waals surface area contributed by atoms with E-state index >= 15 is 0 Å². The molecule has 0 bridgehead atoms. The van der Waals surface area contributed by atoms with Crippen LogP contribution in [0.5, 0.6) is 0 Å². The number of nitrogens with zero attached hydrogens (tertiary/aromatic N) is 2. The summed E-state index contributed by atoms with van der Waals surface area (Å²) in [6.07, 6.45) is 3.93. The van der Waals surface area contributed by atoms with Crippen LogP contribution in [0.1, 0.15) is 24.8 Å². The molecule has 3 rings (SSSR count). The van der Waals surface area contributed by atoms with Gasteiger partial charge in [0, 0.05) is 23.6 Å². The van der Waals surface area contributed by atoms with Crippen LogP contribution >= 0.6 is 15.9 Å². The lowest BCUT2D eigenvalue weighted by Gasteiger charge is -2.25. The normalized spacial score (nSPS) is 25.3. The summed E-state index contributed by atoms with van der Waals surface area (Å²) in [5.41, 5.74) is 1.19. The second-order valence-corrected chi connectivity index (χ2v) is 6.51. The zero-order valence-corrected chi connectivity index (χ0v) is 12.7. The van der Waals surface area contributed by atoms with Gasteiger partial charge in [0.1, 0.15) is 5.82 Å². The number of hydrogen-bond donors (Lipinski definition) is 0. The molecule has 0 aromatic heterocycles. The fraction of sp³-hybridized carbons (Fsp3) is 0.600. The summed E-state index contributed by atoms with van der Waals surface area (Å²) in [5.74, 6) is -0.173. The molecule has 0 aliphatic carbocycles. The van der Waals surface area contributed by atoms with E-state index in [1.807, 2.05) is 6.07 Å². The highest BCUT2D eigenvalue weighted by Crippen LogP contribution is 2.24. The van der Waals surface area contributed by atoms with Crippen molar-refractivity contribution >= 4 is 15.9 Å². The molecule has 0 N–H and O–H groups in total. The maximum atomic E-state index is 13.1. The van der Waals surface area contributed by atoms with E-state index in [9.17, 15) is 4.39 Å². The maximum Gasteiger partial charge on any atom is 0.124 e. The molecule has 0 amide bonds. The zero-order chi connectivity index (χ0) is 13.2. The first-order valence-corrected chi connectivity index (χ1v) is 7.92. The summed E-state index contributed by atoms with van der Waals surface area (Å²) in [4.78, 5) is 5.16. The first-order chi connectivity index (χ1) is 9.22. The van der Waals surface area contributed by atoms with Crippen LogP contribution in [0.4, 0.5) is 4.39 Å². The summed E-state index contributed by atoms with van der Waals surface area (Å²) in [6, 6.07) is 5.76. The minimum absolute atomic E-state index is 0.173. The van der Waals surface area contributed by atoms with E-state index in [-0.39, 0.29) is 5.82 Å². The summed E-state index contributed by atoms with van der Waals surface area (Å²) in [7, 11) is 0. The largest absolute Gasteiger partial charge is 0.299 e. The Labute approximate surface area is 122 Å². The van der Waals surface area contributed by atoms with E-state index in [2.05, 4.69) is 25.7 Å². The average Bonchev–Trinajstić information content (AvgIpc) is 2.72. The molecule has 4 heteroatoms. The lowest BCUT2D eigenvalue weighted by Crippen LogP contribution is -2.36. The van der Waals surface area contributed by atoms with E-state index in [0.717, 1.165) is 30.1 Å². The lowest BCUT2D eigenvalue weighted by molar-refractivity contribution is 0.215. The second kappa shape index (κ2) is 5.90. The highest BCUT2D eigenvalue weighted by molar-refractivity contribution is 9.10. The van der Waals surface area contributed by atoms with Crippen LogP contribution in [0, 0.1) is 5.82 Å². The molecule has 0 radical (unpaired) electrons. The fourth-order valence-electron chi connectivity index (χ4n) is 3.32. The Kier molecular flexibility index (Phi) is 4.20. The van der Waals surface area contributed by atoms with Crippen LogP contribution in [0.3, 0.4) is 0 Å². The number of hydrogen-bond acceptors (Lipinski definition) is 2. The lowest BCUT2D eigenvalue weighted by atomic mass is 10.1. The third-order valence-corrected chi connectivity index (χ3v) is 5.03. The summed E-state index contributed by atoms with van der Waals surface area (Å²) in [6.45, 7) is 5.75. The van der Waals surface area contributed by atoms with Crippen molar-refractivity contribution in [2.24, 2.45) is 0 Å². The minimum atomic E-state index is -0.173. The van der Waals surface area contributed by atoms with Crippen LogP contribution < -0.4 is 0 Å². The topological polar surface area (TPSA) is 6.48 Å². The summed E-state index contributed by atoms with van der Waals surface area (Å²) in [5, 5.41) is 0. The molecule has 0 saturated carbocycles. The van der Waals surface area contributed by atoms with Gasteiger partial charge < -0.3 is 0 Å². The quantitative estimate of drug-likeness (QED) is 0.823. The van der Waals surface area contributed by atoms with Crippen molar-refractivity contribution in [3.63, 3.8) is 0 Å². The van der Waals surface area contributed by atoms with Gasteiger partial charge in [-0.2, -0.15) is 0 Å². The van der Waals surface area contributed by atoms with E-state index in [4.69, 9.17) is 0 Å². The number of fused-ring (bicyclic) bond motifs is 1. The van der Waals surface area contributed by atoms with E-state index in [1.54, 1.807) is 12.1 Å². The smallest absolute Gasteiger partial charge is 0.124 e. The minimum Gasteiger partial charge on any atom is -0.299 e. The molecule has 0 unspecified atom stereocenters. The van der Waals surface area contributed by atoms with Gasteiger partial charge in [-0.1, -0.05) is 22.0 Å². The third-order valence-electron chi connectivity index (χ3n) is 4.30. The number of rotatable bonds is 2. The monoisotopic (exact) mass is 326 g/mol. The van der Waals surface area contributed by atoms with Gasteiger partial charge in [-0.3, -0.25) is 9.80 Å². The Morgan fingerprint density at radius 3 is 2.89 bits per heavy atom. The molecule has 1 aromatic carbocycles. The number of halogens is 2. The van der Waals surface area contributed by atoms with Crippen LogP contribution in [-0.2, 0) is 6.54 Å². The van der Waals surface area contributed by atoms with Gasteiger partial charge in [0.15, 0.2) is 0 Å². The molecule has 104 valence electrons. The molecule has 19 heavy (non-hydrogen) atoms. The SMILES string of the molecule is Fc1ccc(CN2CCCN3CCC[C@H]3C2)c(Br)c1. The average molecular weight is 327 g/mol. The Morgan fingerprint density at radius 2 is 2.05 bits per heavy atom. The van der Waals surface area contributed by atoms with Crippen LogP contribution in [0.25, 0.3) is 0 Å². The Morgan fingerprint density at radius 1 is 1.21 bits per heavy atom. The summed E-state index contributed by atoms with van der Waals surface area (Å²) >= 11 is 3.47. The molecular weight excluding hydrogens is 307 g/mol. The van der Waals surface area contributed by atoms with Crippen molar-refractivity contribution in [3.05, 3.63) is 34.1 Å². The van der Waals surface area contributed by atoms with Crippen molar-refractivity contribution in [2.75, 3.05) is 26.2 Å². The first kappa shape index (κ1) is 13.5. The van der Waals surface area contributed by atoms with Crippen molar-refractivity contribution in [1.82, 2.24) is 9.80 Å². The molecule has 2 aliphatic rings. The van der Waals surface area contributed by atoms with Gasteiger partial charge in [-0.05, 0) is 56.6 Å². The third kappa shape index (κ3) is 3.18. The Balaban J connectivity index is 1.68. The van der Waals surface area contributed by atoms with Crippen molar-refractivity contribution < 1.29 is 4.39 Å². The Bertz CT molecular complexity index is 452. The zero-order valence-electron chi connectivity index (χ0n) is 11.1. The van der Waals surface area contributed by atoms with Crippen molar-refractivity contribution in [3.8, 4) is 0 Å². The second-order valence-electron chi connectivity index (χ2n) is 5.66. The van der Waals surface area contributed by atoms with Gasteiger partial charge in [0.25, 0.3) is 0 Å². The van der Waals surface area contributed by atoms with Crippen LogP contribution in [0.15, 0.2) is 22.7 Å². The predicted molar refractivity (Wildman–Crippen MR) is 78.6 cm³/mol. The van der Waals surface area contributed by atoms with Gasteiger partial charge >= 0.3 is 0 Å². The number of benzene rings is 1. The molecule has 2 nitrogen and oxygen atoms in total. The van der Waals surface area contributed by atoms with Crippen molar-refractivity contribution in [1.29, 1.82) is 0 Å². The standard InChI is InChI=1S/C15H20BrFN2/c16-15-9-13(17)5-4-12(15)10-18-6-2-8-19-7-1-3-14(19)11-18/h4-5,9,14H,1-3,6-8,10-11H2/t14-/m0/s1. The highest BCUT2D eigenvalue weighted by atomic mass is 79.9. The predicted octanol–water partition coefficient (Wildman–Crippen LogP) is 3.26. The molecule has 2 fully saturated rings. The van der Waals surface area contributed by atoms with E-state index in [1.165, 1.54) is 37.9 Å². The first-order valence-electron chi connectivity index (χ1n) is 7.13. The van der Waals surface area contributed by atoms with Gasteiger partial charge in [0.2, 0.25) is 0 Å². The van der Waals surface area contributed by atoms with Gasteiger partial charge in [-0.25, -0.2) is 4.39 Å². The molecule has 2 heterocycles. The van der Waals surface area contributed by atoms with Gasteiger partial charge in [-0.15, -0.1) is 0 Å². The molecule has 1 atom stereocenters. The molecule has 1 aromatic rings. The Hall–Kier alpha value is -0.450. The molecule has 0 spiro atoms. The van der Waals surface area contributed by atoms with Crippen LogP contribution in [-0.4, -0.2) is 42.0 Å². The van der Waals surface area contributed by atoms with Gasteiger partial charge in [0.05, 0.1) is 0 Å². The highest BCUT2D eigenvalue weighted by Gasteiger charge is 2.28. The van der Waals surface area contributed by atoms with E-state index in [0.29, 0.717) is 0 Å². The molecule has 2 saturated heterocycles. The molecule has 2 aliphatic heterocycles. The molecular formula is C15H20BrFN2.